The minimum absolute atomic E-state index is 0.233. The van der Waals surface area contributed by atoms with E-state index in [0.29, 0.717) is 6.61 Å². The van der Waals surface area contributed by atoms with Crippen molar-refractivity contribution >= 4 is 0 Å². The van der Waals surface area contributed by atoms with Gasteiger partial charge in [-0.1, -0.05) is 6.92 Å². The molecule has 0 saturated carbocycles. The fourth-order valence-corrected chi connectivity index (χ4v) is 0.812. The first-order valence-corrected chi connectivity index (χ1v) is 3.73. The molecule has 1 aliphatic rings. The van der Waals surface area contributed by atoms with Crippen LogP contribution in [0, 0.1) is 0 Å². The summed E-state index contributed by atoms with van der Waals surface area (Å²) >= 11 is 0. The summed E-state index contributed by atoms with van der Waals surface area (Å²) in [5, 5.41) is 0. The van der Waals surface area contributed by atoms with Gasteiger partial charge in [-0.25, -0.2) is 0 Å². The summed E-state index contributed by atoms with van der Waals surface area (Å²) in [5.41, 5.74) is 1.20. The lowest BCUT2D eigenvalue weighted by molar-refractivity contribution is 0.144. The Bertz CT molecular complexity index is 149. The van der Waals surface area contributed by atoms with Crippen LogP contribution in [-0.2, 0) is 9.47 Å². The van der Waals surface area contributed by atoms with Crippen molar-refractivity contribution in [3.63, 3.8) is 0 Å². The maximum absolute atomic E-state index is 5.37. The van der Waals surface area contributed by atoms with Crippen LogP contribution in [0.5, 0.6) is 0 Å². The number of hydrogen-bond acceptors (Lipinski definition) is 2. The van der Waals surface area contributed by atoms with Gasteiger partial charge in [-0.3, -0.25) is 0 Å². The fourth-order valence-electron chi connectivity index (χ4n) is 0.812. The molecule has 0 spiro atoms. The van der Waals surface area contributed by atoms with E-state index >= 15 is 0 Å². The molecule has 10 heavy (non-hydrogen) atoms. The Hall–Kier alpha value is -0.660. The molecule has 1 saturated heterocycles. The number of allylic oxidation sites excluding steroid dienone is 1. The monoisotopic (exact) mass is 142 g/mol. The standard InChI is InChI=1S/C8H14O2/c1-4-6(2)8-9-5-7(3)10-8/h7H,4-5H2,1-3H3. The van der Waals surface area contributed by atoms with Crippen LogP contribution in [0.25, 0.3) is 0 Å². The van der Waals surface area contributed by atoms with Crippen molar-refractivity contribution in [2.24, 2.45) is 0 Å². The molecular formula is C8H14O2. The highest BCUT2D eigenvalue weighted by molar-refractivity contribution is 5.01. The van der Waals surface area contributed by atoms with Crippen molar-refractivity contribution in [2.75, 3.05) is 6.61 Å². The zero-order chi connectivity index (χ0) is 7.56. The van der Waals surface area contributed by atoms with Crippen molar-refractivity contribution in [3.05, 3.63) is 11.5 Å². The third-order valence-electron chi connectivity index (χ3n) is 1.64. The molecule has 0 amide bonds. The zero-order valence-corrected chi connectivity index (χ0v) is 6.81. The summed E-state index contributed by atoms with van der Waals surface area (Å²) in [5.74, 6) is 0.745. The van der Waals surface area contributed by atoms with Crippen molar-refractivity contribution in [1.29, 1.82) is 0 Å². The Labute approximate surface area is 61.8 Å². The molecule has 0 radical (unpaired) electrons. The van der Waals surface area contributed by atoms with Crippen LogP contribution >= 0.6 is 0 Å². The van der Waals surface area contributed by atoms with E-state index in [0.717, 1.165) is 12.4 Å². The highest BCUT2D eigenvalue weighted by atomic mass is 16.7. The Kier molecular flexibility index (Phi) is 2.20. The summed E-state index contributed by atoms with van der Waals surface area (Å²) < 4.78 is 10.6. The third kappa shape index (κ3) is 1.43. The molecule has 58 valence electrons. The third-order valence-corrected chi connectivity index (χ3v) is 1.64. The maximum Gasteiger partial charge on any atom is 0.278 e. The van der Waals surface area contributed by atoms with E-state index in [1.54, 1.807) is 0 Å². The van der Waals surface area contributed by atoms with E-state index in [9.17, 15) is 0 Å². The van der Waals surface area contributed by atoms with Gasteiger partial charge in [0.1, 0.15) is 12.7 Å². The lowest BCUT2D eigenvalue weighted by atomic mass is 10.2. The average Bonchev–Trinajstić information content (AvgIpc) is 2.34. The fraction of sp³-hybridized carbons (Fsp3) is 0.750. The van der Waals surface area contributed by atoms with E-state index in [1.807, 2.05) is 13.8 Å². The summed E-state index contributed by atoms with van der Waals surface area (Å²) in [6.45, 7) is 6.84. The minimum atomic E-state index is 0.233. The topological polar surface area (TPSA) is 18.5 Å². The first kappa shape index (κ1) is 7.45. The first-order valence-electron chi connectivity index (χ1n) is 3.73. The molecule has 0 bridgehead atoms. The predicted octanol–water partition coefficient (Wildman–Crippen LogP) is 2.06. The second-order valence-corrected chi connectivity index (χ2v) is 2.66. The van der Waals surface area contributed by atoms with Crippen LogP contribution in [0.15, 0.2) is 11.5 Å². The molecule has 2 heteroatoms. The molecule has 1 rings (SSSR count). The molecule has 0 aliphatic carbocycles. The van der Waals surface area contributed by atoms with Gasteiger partial charge in [0, 0.05) is 5.57 Å². The molecule has 1 atom stereocenters. The Morgan fingerprint density at radius 3 is 2.80 bits per heavy atom. The van der Waals surface area contributed by atoms with Crippen molar-refractivity contribution < 1.29 is 9.47 Å². The van der Waals surface area contributed by atoms with Crippen molar-refractivity contribution in [3.8, 4) is 0 Å². The van der Waals surface area contributed by atoms with Gasteiger partial charge < -0.3 is 9.47 Å². The highest BCUT2D eigenvalue weighted by Gasteiger charge is 2.18. The second-order valence-electron chi connectivity index (χ2n) is 2.66. The van der Waals surface area contributed by atoms with E-state index in [2.05, 4.69) is 6.92 Å². The van der Waals surface area contributed by atoms with Crippen LogP contribution in [0.1, 0.15) is 27.2 Å². The number of ether oxygens (including phenoxy) is 2. The van der Waals surface area contributed by atoms with Crippen molar-refractivity contribution in [2.45, 2.75) is 33.3 Å². The van der Waals surface area contributed by atoms with Crippen LogP contribution in [-0.4, -0.2) is 12.7 Å². The number of rotatable bonds is 1. The van der Waals surface area contributed by atoms with Gasteiger partial charge in [0.2, 0.25) is 0 Å². The van der Waals surface area contributed by atoms with Gasteiger partial charge in [0.05, 0.1) is 0 Å². The smallest absolute Gasteiger partial charge is 0.278 e. The van der Waals surface area contributed by atoms with E-state index in [-0.39, 0.29) is 6.10 Å². The predicted molar refractivity (Wildman–Crippen MR) is 39.5 cm³/mol. The van der Waals surface area contributed by atoms with Crippen LogP contribution in [0.3, 0.4) is 0 Å². The van der Waals surface area contributed by atoms with Gasteiger partial charge in [-0.05, 0) is 20.3 Å². The molecule has 1 aliphatic heterocycles. The molecular weight excluding hydrogens is 128 g/mol. The Balaban J connectivity index is 2.58. The summed E-state index contributed by atoms with van der Waals surface area (Å²) in [6.07, 6.45) is 1.23. The zero-order valence-electron chi connectivity index (χ0n) is 6.81. The number of hydrogen-bond donors (Lipinski definition) is 0. The van der Waals surface area contributed by atoms with Crippen molar-refractivity contribution in [1.82, 2.24) is 0 Å². The van der Waals surface area contributed by atoms with Crippen LogP contribution < -0.4 is 0 Å². The van der Waals surface area contributed by atoms with E-state index < -0.39 is 0 Å². The molecule has 0 aromatic carbocycles. The highest BCUT2D eigenvalue weighted by Crippen LogP contribution is 2.19. The summed E-state index contributed by atoms with van der Waals surface area (Å²) in [6, 6.07) is 0. The quantitative estimate of drug-likeness (QED) is 0.558. The second kappa shape index (κ2) is 2.95. The maximum atomic E-state index is 5.37. The van der Waals surface area contributed by atoms with Gasteiger partial charge in [0.25, 0.3) is 5.95 Å². The Morgan fingerprint density at radius 1 is 1.70 bits per heavy atom. The van der Waals surface area contributed by atoms with Gasteiger partial charge >= 0.3 is 0 Å². The largest absolute Gasteiger partial charge is 0.462 e. The van der Waals surface area contributed by atoms with E-state index in [4.69, 9.17) is 9.47 Å². The lowest BCUT2D eigenvalue weighted by Crippen LogP contribution is -2.00. The van der Waals surface area contributed by atoms with Crippen LogP contribution in [0.2, 0.25) is 0 Å². The minimum Gasteiger partial charge on any atom is -0.462 e. The SMILES string of the molecule is CCC(C)=C1OCC(C)O1. The van der Waals surface area contributed by atoms with E-state index in [1.165, 1.54) is 5.57 Å². The Morgan fingerprint density at radius 2 is 2.40 bits per heavy atom. The lowest BCUT2D eigenvalue weighted by Gasteiger charge is -2.01. The molecule has 0 aromatic heterocycles. The summed E-state index contributed by atoms with van der Waals surface area (Å²) in [7, 11) is 0. The molecule has 0 N–H and O–H groups in total. The van der Waals surface area contributed by atoms with Crippen LogP contribution in [0.4, 0.5) is 0 Å². The average molecular weight is 142 g/mol. The molecule has 0 aromatic rings. The van der Waals surface area contributed by atoms with Gasteiger partial charge in [-0.15, -0.1) is 0 Å². The normalized spacial score (nSPS) is 29.3. The first-order chi connectivity index (χ1) is 4.74. The summed E-state index contributed by atoms with van der Waals surface area (Å²) in [4.78, 5) is 0. The molecule has 1 fully saturated rings. The van der Waals surface area contributed by atoms with Gasteiger partial charge in [0.15, 0.2) is 0 Å². The molecule has 1 heterocycles. The van der Waals surface area contributed by atoms with Gasteiger partial charge in [-0.2, -0.15) is 0 Å². The molecule has 2 nitrogen and oxygen atoms in total. The molecule has 1 unspecified atom stereocenters.